The fourth-order valence-corrected chi connectivity index (χ4v) is 2.88. The Balaban J connectivity index is 2.22. The summed E-state index contributed by atoms with van der Waals surface area (Å²) < 4.78 is 10.3. The maximum absolute atomic E-state index is 12.0. The highest BCUT2D eigenvalue weighted by Gasteiger charge is 2.27. The average molecular weight is 348 g/mol. The number of piperidine rings is 1. The molecule has 1 atom stereocenters. The molecule has 1 fully saturated rings. The van der Waals surface area contributed by atoms with Crippen LogP contribution in [-0.2, 0) is 14.3 Å². The van der Waals surface area contributed by atoms with E-state index in [0.717, 1.165) is 38.8 Å². The summed E-state index contributed by atoms with van der Waals surface area (Å²) >= 11 is 6.01. The second-order valence-corrected chi connectivity index (χ2v) is 7.59. The van der Waals surface area contributed by atoms with Crippen LogP contribution in [0.25, 0.3) is 0 Å². The number of esters is 1. The highest BCUT2D eigenvalue weighted by Crippen LogP contribution is 2.25. The van der Waals surface area contributed by atoms with Crippen LogP contribution >= 0.6 is 11.6 Å². The number of carbonyl (C=O) groups is 2. The van der Waals surface area contributed by atoms with Gasteiger partial charge in [-0.1, -0.05) is 12.8 Å². The first kappa shape index (κ1) is 20.1. The molecule has 134 valence electrons. The van der Waals surface area contributed by atoms with Crippen molar-refractivity contribution in [1.29, 1.82) is 0 Å². The van der Waals surface area contributed by atoms with Gasteiger partial charge in [-0.2, -0.15) is 0 Å². The molecular formula is C17H30ClNO4. The molecule has 0 N–H and O–H groups in total. The number of hydrogen-bond donors (Lipinski definition) is 0. The molecule has 0 aromatic carbocycles. The van der Waals surface area contributed by atoms with Gasteiger partial charge in [-0.25, -0.2) is 4.79 Å². The fraction of sp³-hybridized carbons (Fsp3) is 0.882. The van der Waals surface area contributed by atoms with E-state index in [9.17, 15) is 9.59 Å². The summed E-state index contributed by atoms with van der Waals surface area (Å²) in [6, 6.07) is 0. The van der Waals surface area contributed by atoms with Gasteiger partial charge < -0.3 is 14.4 Å². The van der Waals surface area contributed by atoms with Crippen LogP contribution in [0.4, 0.5) is 4.79 Å². The lowest BCUT2D eigenvalue weighted by molar-refractivity contribution is -0.142. The van der Waals surface area contributed by atoms with E-state index < -0.39 is 11.0 Å². The van der Waals surface area contributed by atoms with Crippen molar-refractivity contribution < 1.29 is 19.1 Å². The number of ether oxygens (including phenoxy) is 2. The largest absolute Gasteiger partial charge is 0.465 e. The van der Waals surface area contributed by atoms with Crippen molar-refractivity contribution in [3.8, 4) is 0 Å². The Kier molecular flexibility index (Phi) is 8.17. The Bertz CT molecular complexity index is 387. The Morgan fingerprint density at radius 1 is 1.26 bits per heavy atom. The van der Waals surface area contributed by atoms with Crippen molar-refractivity contribution in [3.05, 3.63) is 0 Å². The SMILES string of the molecule is CCOC(=O)C(Cl)CCCC1CCN(C(=O)OC(C)(C)C)CC1. The first-order valence-corrected chi connectivity index (χ1v) is 8.95. The fourth-order valence-electron chi connectivity index (χ4n) is 2.67. The molecule has 0 aliphatic carbocycles. The first-order valence-electron chi connectivity index (χ1n) is 8.51. The zero-order chi connectivity index (χ0) is 17.5. The summed E-state index contributed by atoms with van der Waals surface area (Å²) in [7, 11) is 0. The third-order valence-corrected chi connectivity index (χ3v) is 4.27. The predicted octanol–water partition coefficient (Wildman–Crippen LogP) is 3.97. The molecule has 1 aliphatic heterocycles. The molecule has 0 aromatic heterocycles. The van der Waals surface area contributed by atoms with E-state index in [1.807, 2.05) is 20.8 Å². The minimum Gasteiger partial charge on any atom is -0.465 e. The van der Waals surface area contributed by atoms with Crippen molar-refractivity contribution in [3.63, 3.8) is 0 Å². The summed E-state index contributed by atoms with van der Waals surface area (Å²) in [6.07, 6.45) is 4.32. The van der Waals surface area contributed by atoms with Crippen molar-refractivity contribution >= 4 is 23.7 Å². The molecule has 0 bridgehead atoms. The quantitative estimate of drug-likeness (QED) is 0.538. The van der Waals surface area contributed by atoms with Gasteiger partial charge in [0.05, 0.1) is 6.61 Å². The van der Waals surface area contributed by atoms with E-state index in [1.165, 1.54) is 0 Å². The minimum absolute atomic E-state index is 0.223. The maximum Gasteiger partial charge on any atom is 0.410 e. The molecule has 0 saturated carbocycles. The zero-order valence-corrected chi connectivity index (χ0v) is 15.5. The van der Waals surface area contributed by atoms with Crippen LogP contribution in [-0.4, -0.2) is 47.6 Å². The average Bonchev–Trinajstić information content (AvgIpc) is 2.46. The predicted molar refractivity (Wildman–Crippen MR) is 90.7 cm³/mol. The number of carbonyl (C=O) groups excluding carboxylic acids is 2. The lowest BCUT2D eigenvalue weighted by Crippen LogP contribution is -2.41. The van der Waals surface area contributed by atoms with E-state index in [0.29, 0.717) is 18.9 Å². The van der Waals surface area contributed by atoms with Crippen LogP contribution in [0, 0.1) is 5.92 Å². The Hall–Kier alpha value is -0.970. The van der Waals surface area contributed by atoms with Gasteiger partial charge in [0.1, 0.15) is 11.0 Å². The molecule has 0 spiro atoms. The minimum atomic E-state index is -0.545. The topological polar surface area (TPSA) is 55.8 Å². The smallest absolute Gasteiger partial charge is 0.410 e. The number of nitrogens with zero attached hydrogens (tertiary/aromatic N) is 1. The van der Waals surface area contributed by atoms with E-state index >= 15 is 0 Å². The molecule has 6 heteroatoms. The molecule has 1 amide bonds. The summed E-state index contributed by atoms with van der Waals surface area (Å²) in [4.78, 5) is 25.2. The number of hydrogen-bond acceptors (Lipinski definition) is 4. The van der Waals surface area contributed by atoms with Crippen molar-refractivity contribution in [2.75, 3.05) is 19.7 Å². The number of halogens is 1. The number of amides is 1. The molecule has 5 nitrogen and oxygen atoms in total. The second-order valence-electron chi connectivity index (χ2n) is 7.06. The lowest BCUT2D eigenvalue weighted by atomic mass is 9.91. The standard InChI is InChI=1S/C17H30ClNO4/c1-5-22-15(20)14(18)8-6-7-13-9-11-19(12-10-13)16(21)23-17(2,3)4/h13-14H,5-12H2,1-4H3. The number of alkyl halides is 1. The summed E-state index contributed by atoms with van der Waals surface area (Å²) in [5, 5.41) is -0.545. The molecule has 1 saturated heterocycles. The monoisotopic (exact) mass is 347 g/mol. The van der Waals surface area contributed by atoms with Crippen molar-refractivity contribution in [1.82, 2.24) is 4.90 Å². The third kappa shape index (κ3) is 7.91. The van der Waals surface area contributed by atoms with Gasteiger partial charge in [0, 0.05) is 13.1 Å². The summed E-state index contributed by atoms with van der Waals surface area (Å²) in [5.41, 5.74) is -0.448. The van der Waals surface area contributed by atoms with Crippen LogP contribution in [0.1, 0.15) is 59.8 Å². The lowest BCUT2D eigenvalue weighted by Gasteiger charge is -2.33. The molecule has 23 heavy (non-hydrogen) atoms. The normalized spacial score (nSPS) is 17.7. The van der Waals surface area contributed by atoms with E-state index in [-0.39, 0.29) is 12.1 Å². The van der Waals surface area contributed by atoms with Crippen molar-refractivity contribution in [2.24, 2.45) is 5.92 Å². The van der Waals surface area contributed by atoms with Gasteiger partial charge in [0.15, 0.2) is 0 Å². The highest BCUT2D eigenvalue weighted by molar-refractivity contribution is 6.29. The highest BCUT2D eigenvalue weighted by atomic mass is 35.5. The van der Waals surface area contributed by atoms with Crippen LogP contribution < -0.4 is 0 Å². The van der Waals surface area contributed by atoms with Crippen LogP contribution in [0.15, 0.2) is 0 Å². The maximum atomic E-state index is 12.0. The van der Waals surface area contributed by atoms with Crippen LogP contribution in [0.5, 0.6) is 0 Å². The molecular weight excluding hydrogens is 318 g/mol. The summed E-state index contributed by atoms with van der Waals surface area (Å²) in [6.45, 7) is 9.26. The van der Waals surface area contributed by atoms with Gasteiger partial charge >= 0.3 is 12.1 Å². The van der Waals surface area contributed by atoms with E-state index in [2.05, 4.69) is 0 Å². The van der Waals surface area contributed by atoms with Gasteiger partial charge in [0.25, 0.3) is 0 Å². The molecule has 0 radical (unpaired) electrons. The Labute approximate surface area is 144 Å². The van der Waals surface area contributed by atoms with Crippen LogP contribution in [0.3, 0.4) is 0 Å². The molecule has 1 unspecified atom stereocenters. The second kappa shape index (κ2) is 9.36. The Morgan fingerprint density at radius 3 is 2.39 bits per heavy atom. The zero-order valence-electron chi connectivity index (χ0n) is 14.8. The summed E-state index contributed by atoms with van der Waals surface area (Å²) in [5.74, 6) is 0.258. The number of likely N-dealkylation sites (tertiary alicyclic amines) is 1. The molecule has 0 aromatic rings. The number of rotatable bonds is 6. The van der Waals surface area contributed by atoms with E-state index in [4.69, 9.17) is 21.1 Å². The Morgan fingerprint density at radius 2 is 1.87 bits per heavy atom. The van der Waals surface area contributed by atoms with Crippen molar-refractivity contribution in [2.45, 2.75) is 70.8 Å². The third-order valence-electron chi connectivity index (χ3n) is 3.88. The first-order chi connectivity index (χ1) is 10.7. The molecule has 1 heterocycles. The van der Waals surface area contributed by atoms with Gasteiger partial charge in [-0.05, 0) is 52.9 Å². The molecule has 1 aliphatic rings. The van der Waals surface area contributed by atoms with Gasteiger partial charge in [-0.3, -0.25) is 4.79 Å². The van der Waals surface area contributed by atoms with E-state index in [1.54, 1.807) is 11.8 Å². The molecule has 1 rings (SSSR count). The van der Waals surface area contributed by atoms with Gasteiger partial charge in [-0.15, -0.1) is 11.6 Å². The van der Waals surface area contributed by atoms with Gasteiger partial charge in [0.2, 0.25) is 0 Å². The van der Waals surface area contributed by atoms with Crippen LogP contribution in [0.2, 0.25) is 0 Å².